The first kappa shape index (κ1) is 26.3. The number of allylic oxidation sites excluding steroid dienone is 2. The molecule has 38 heavy (non-hydrogen) atoms. The van der Waals surface area contributed by atoms with Crippen LogP contribution in [-0.2, 0) is 23.2 Å². The summed E-state index contributed by atoms with van der Waals surface area (Å²) in [7, 11) is 1.83. The van der Waals surface area contributed by atoms with Gasteiger partial charge in [-0.2, -0.15) is 10.1 Å². The molecule has 1 aliphatic rings. The average molecular weight is 513 g/mol. The van der Waals surface area contributed by atoms with Gasteiger partial charge in [0.25, 0.3) is 0 Å². The molecule has 3 aromatic rings. The Labute approximate surface area is 222 Å². The normalized spacial score (nSPS) is 16.1. The molecule has 4 rings (SSSR count). The van der Waals surface area contributed by atoms with E-state index >= 15 is 0 Å². The van der Waals surface area contributed by atoms with Gasteiger partial charge in [-0.15, -0.1) is 0 Å². The Morgan fingerprint density at radius 2 is 2.00 bits per heavy atom. The molecule has 0 spiro atoms. The zero-order valence-corrected chi connectivity index (χ0v) is 21.8. The SMILES string of the molecule is C=CC(=O)Nc1cccc(Nc2nc(Nc3cnn(C)c3)ncc2CN(C(C)=O)C2(CC)C=CC=CC2)c1. The van der Waals surface area contributed by atoms with E-state index in [1.807, 2.05) is 42.4 Å². The molecule has 1 aliphatic carbocycles. The first-order valence-corrected chi connectivity index (χ1v) is 12.4. The Morgan fingerprint density at radius 1 is 1.18 bits per heavy atom. The molecule has 0 bridgehead atoms. The van der Waals surface area contributed by atoms with Crippen LogP contribution in [0.15, 0.2) is 79.8 Å². The first-order chi connectivity index (χ1) is 18.3. The minimum Gasteiger partial charge on any atom is -0.340 e. The Bertz CT molecular complexity index is 1390. The largest absolute Gasteiger partial charge is 0.340 e. The van der Waals surface area contributed by atoms with Gasteiger partial charge < -0.3 is 20.9 Å². The Balaban J connectivity index is 1.69. The number of hydrogen-bond donors (Lipinski definition) is 3. The third-order valence-corrected chi connectivity index (χ3v) is 6.39. The number of nitrogens with zero attached hydrogens (tertiary/aromatic N) is 5. The molecule has 2 amide bonds. The maximum Gasteiger partial charge on any atom is 0.247 e. The summed E-state index contributed by atoms with van der Waals surface area (Å²) in [5.74, 6) is 0.570. The molecule has 0 radical (unpaired) electrons. The fraction of sp³-hybridized carbons (Fsp3) is 0.250. The van der Waals surface area contributed by atoms with E-state index in [-0.39, 0.29) is 11.8 Å². The number of carbonyl (C=O) groups excluding carboxylic acids is 2. The first-order valence-electron chi connectivity index (χ1n) is 12.4. The van der Waals surface area contributed by atoms with Crippen molar-refractivity contribution in [2.75, 3.05) is 16.0 Å². The van der Waals surface area contributed by atoms with Crippen LogP contribution in [-0.4, -0.2) is 42.0 Å². The van der Waals surface area contributed by atoms with Gasteiger partial charge in [-0.05, 0) is 37.1 Å². The van der Waals surface area contributed by atoms with Gasteiger partial charge in [-0.1, -0.05) is 43.9 Å². The highest BCUT2D eigenvalue weighted by molar-refractivity contribution is 5.99. The van der Waals surface area contributed by atoms with Crippen molar-refractivity contribution in [2.24, 2.45) is 7.05 Å². The van der Waals surface area contributed by atoms with Crippen LogP contribution in [0.5, 0.6) is 0 Å². The zero-order chi connectivity index (χ0) is 27.1. The van der Waals surface area contributed by atoms with Crippen molar-refractivity contribution in [2.45, 2.75) is 38.8 Å². The van der Waals surface area contributed by atoms with Crippen LogP contribution in [0, 0.1) is 0 Å². The third kappa shape index (κ3) is 6.15. The second-order valence-electron chi connectivity index (χ2n) is 9.05. The van der Waals surface area contributed by atoms with E-state index in [9.17, 15) is 9.59 Å². The smallest absolute Gasteiger partial charge is 0.247 e. The summed E-state index contributed by atoms with van der Waals surface area (Å²) < 4.78 is 1.68. The standard InChI is InChI=1S/C28H32N8O2/c1-5-25(38)31-22-11-10-12-23(15-22)32-26-21(16-29-27(34-26)33-24-17-30-35(4)19-24)18-36(20(3)37)28(6-2)13-8-7-9-14-28/h5,7-13,15-17,19H,1,6,14,18H2,2-4H3,(H,31,38)(H2,29,32,33,34). The lowest BCUT2D eigenvalue weighted by Gasteiger charge is -2.42. The highest BCUT2D eigenvalue weighted by atomic mass is 16.2. The number of nitrogens with one attached hydrogen (secondary N) is 3. The molecule has 2 aromatic heterocycles. The number of rotatable bonds is 10. The van der Waals surface area contributed by atoms with Gasteiger partial charge in [0.15, 0.2) is 0 Å². The monoisotopic (exact) mass is 512 g/mol. The molecule has 0 aliphatic heterocycles. The van der Waals surface area contributed by atoms with E-state index in [0.29, 0.717) is 29.7 Å². The quantitative estimate of drug-likeness (QED) is 0.333. The van der Waals surface area contributed by atoms with E-state index < -0.39 is 5.54 Å². The van der Waals surface area contributed by atoms with Crippen LogP contribution in [0.3, 0.4) is 0 Å². The lowest BCUT2D eigenvalue weighted by molar-refractivity contribution is -0.134. The molecular weight excluding hydrogens is 480 g/mol. The Morgan fingerprint density at radius 3 is 2.66 bits per heavy atom. The summed E-state index contributed by atoms with van der Waals surface area (Å²) in [4.78, 5) is 35.8. The number of amides is 2. The Kier molecular flexibility index (Phi) is 8.00. The summed E-state index contributed by atoms with van der Waals surface area (Å²) in [6.45, 7) is 7.47. The predicted molar refractivity (Wildman–Crippen MR) is 149 cm³/mol. The molecule has 10 heteroatoms. The molecule has 2 heterocycles. The van der Waals surface area contributed by atoms with Gasteiger partial charge in [-0.3, -0.25) is 14.3 Å². The average Bonchev–Trinajstić information content (AvgIpc) is 3.32. The van der Waals surface area contributed by atoms with Crippen molar-refractivity contribution in [3.8, 4) is 0 Å². The van der Waals surface area contributed by atoms with Crippen LogP contribution < -0.4 is 16.0 Å². The van der Waals surface area contributed by atoms with E-state index in [1.165, 1.54) is 6.08 Å². The molecule has 196 valence electrons. The lowest BCUT2D eigenvalue weighted by Crippen LogP contribution is -2.49. The van der Waals surface area contributed by atoms with Crippen molar-refractivity contribution in [1.82, 2.24) is 24.6 Å². The lowest BCUT2D eigenvalue weighted by atomic mass is 9.86. The summed E-state index contributed by atoms with van der Waals surface area (Å²) in [5.41, 5.74) is 2.38. The van der Waals surface area contributed by atoms with E-state index in [4.69, 9.17) is 4.98 Å². The van der Waals surface area contributed by atoms with Gasteiger partial charge in [0.2, 0.25) is 17.8 Å². The number of anilines is 5. The maximum atomic E-state index is 12.9. The summed E-state index contributed by atoms with van der Waals surface area (Å²) in [6.07, 6.45) is 16.1. The van der Waals surface area contributed by atoms with Crippen molar-refractivity contribution < 1.29 is 9.59 Å². The number of carbonyl (C=O) groups is 2. The third-order valence-electron chi connectivity index (χ3n) is 6.39. The fourth-order valence-corrected chi connectivity index (χ4v) is 4.37. The number of aryl methyl sites for hydroxylation is 1. The predicted octanol–water partition coefficient (Wildman–Crippen LogP) is 4.84. The van der Waals surface area contributed by atoms with Gasteiger partial charge >= 0.3 is 0 Å². The fourth-order valence-electron chi connectivity index (χ4n) is 4.37. The highest BCUT2D eigenvalue weighted by Crippen LogP contribution is 2.33. The molecule has 0 fully saturated rings. The summed E-state index contributed by atoms with van der Waals surface area (Å²) in [6, 6.07) is 7.28. The molecule has 0 saturated carbocycles. The summed E-state index contributed by atoms with van der Waals surface area (Å²) in [5, 5.41) is 13.5. The van der Waals surface area contributed by atoms with E-state index in [2.05, 4.69) is 51.7 Å². The van der Waals surface area contributed by atoms with Crippen LogP contribution in [0.4, 0.5) is 28.8 Å². The molecule has 3 N–H and O–H groups in total. The van der Waals surface area contributed by atoms with Crippen LogP contribution in [0.1, 0.15) is 32.3 Å². The number of benzene rings is 1. The van der Waals surface area contributed by atoms with E-state index in [1.54, 1.807) is 36.1 Å². The minimum absolute atomic E-state index is 0.0375. The van der Waals surface area contributed by atoms with Crippen LogP contribution in [0.25, 0.3) is 0 Å². The summed E-state index contributed by atoms with van der Waals surface area (Å²) >= 11 is 0. The topological polar surface area (TPSA) is 117 Å². The number of aromatic nitrogens is 4. The number of hydrogen-bond acceptors (Lipinski definition) is 7. The van der Waals surface area contributed by atoms with Crippen molar-refractivity contribution in [3.05, 3.63) is 85.4 Å². The van der Waals surface area contributed by atoms with Crippen LogP contribution >= 0.6 is 0 Å². The molecule has 1 atom stereocenters. The minimum atomic E-state index is -0.431. The molecule has 1 aromatic carbocycles. The highest BCUT2D eigenvalue weighted by Gasteiger charge is 2.35. The van der Waals surface area contributed by atoms with Crippen LogP contribution in [0.2, 0.25) is 0 Å². The molecule has 10 nitrogen and oxygen atoms in total. The molecular formula is C28H32N8O2. The van der Waals surface area contributed by atoms with Gasteiger partial charge in [0.05, 0.1) is 24.0 Å². The Hall–Kier alpha value is -4.73. The second-order valence-corrected chi connectivity index (χ2v) is 9.05. The second kappa shape index (κ2) is 11.5. The molecule has 0 saturated heterocycles. The van der Waals surface area contributed by atoms with Gasteiger partial charge in [-0.25, -0.2) is 4.98 Å². The zero-order valence-electron chi connectivity index (χ0n) is 21.8. The van der Waals surface area contributed by atoms with Gasteiger partial charge in [0.1, 0.15) is 5.82 Å². The van der Waals surface area contributed by atoms with Crippen molar-refractivity contribution in [1.29, 1.82) is 0 Å². The van der Waals surface area contributed by atoms with Gasteiger partial charge in [0, 0.05) is 43.3 Å². The maximum absolute atomic E-state index is 12.9. The van der Waals surface area contributed by atoms with E-state index in [0.717, 1.165) is 24.1 Å². The van der Waals surface area contributed by atoms with Crippen molar-refractivity contribution in [3.63, 3.8) is 0 Å². The molecule has 1 unspecified atom stereocenters. The van der Waals surface area contributed by atoms with Crippen molar-refractivity contribution >= 4 is 40.6 Å².